The van der Waals surface area contributed by atoms with Gasteiger partial charge in [0.05, 0.1) is 24.5 Å². The second kappa shape index (κ2) is 7.77. The van der Waals surface area contributed by atoms with Crippen molar-refractivity contribution in [3.63, 3.8) is 0 Å². The third kappa shape index (κ3) is 3.79. The van der Waals surface area contributed by atoms with Crippen LogP contribution in [0.4, 0.5) is 14.5 Å². The first kappa shape index (κ1) is 19.3. The molecule has 1 amide bonds. The monoisotopic (exact) mass is 432 g/mol. The number of halogens is 4. The standard InChI is InChI=1S/C20H12Cl2F2N4O/c21-12-6-5-11(14(22)7-12)10-28-17-4-2-1-3-13(17)18(27-28)20(29)26-19-15(23)8-25-9-16(19)24/h1-9H,10H2,(H,25,26,29). The van der Waals surface area contributed by atoms with Gasteiger partial charge in [0.1, 0.15) is 5.69 Å². The number of pyridine rings is 1. The summed E-state index contributed by atoms with van der Waals surface area (Å²) < 4.78 is 29.3. The molecule has 2 aromatic carbocycles. The maximum Gasteiger partial charge on any atom is 0.276 e. The quantitative estimate of drug-likeness (QED) is 0.474. The Kier molecular flexibility index (Phi) is 5.17. The van der Waals surface area contributed by atoms with Crippen LogP contribution in [-0.4, -0.2) is 20.7 Å². The predicted molar refractivity (Wildman–Crippen MR) is 107 cm³/mol. The van der Waals surface area contributed by atoms with Gasteiger partial charge >= 0.3 is 0 Å². The fraction of sp³-hybridized carbons (Fsp3) is 0.0500. The normalized spacial score (nSPS) is 11.0. The molecule has 0 aliphatic carbocycles. The van der Waals surface area contributed by atoms with Crippen molar-refractivity contribution in [2.45, 2.75) is 6.54 Å². The summed E-state index contributed by atoms with van der Waals surface area (Å²) in [7, 11) is 0. The van der Waals surface area contributed by atoms with Crippen LogP contribution < -0.4 is 5.32 Å². The SMILES string of the molecule is O=C(Nc1c(F)cncc1F)c1nn(Cc2ccc(Cl)cc2Cl)c2ccccc12. The molecule has 2 heterocycles. The van der Waals surface area contributed by atoms with E-state index in [9.17, 15) is 13.6 Å². The Morgan fingerprint density at radius 3 is 2.52 bits per heavy atom. The minimum Gasteiger partial charge on any atom is -0.316 e. The van der Waals surface area contributed by atoms with Crippen molar-refractivity contribution in [1.29, 1.82) is 0 Å². The van der Waals surface area contributed by atoms with Crippen LogP contribution in [0.1, 0.15) is 16.1 Å². The van der Waals surface area contributed by atoms with E-state index in [2.05, 4.69) is 15.4 Å². The van der Waals surface area contributed by atoms with Gasteiger partial charge in [-0.3, -0.25) is 14.5 Å². The maximum absolute atomic E-state index is 13.8. The second-order valence-electron chi connectivity index (χ2n) is 6.19. The summed E-state index contributed by atoms with van der Waals surface area (Å²) in [5, 5.41) is 8.09. The molecule has 9 heteroatoms. The van der Waals surface area contributed by atoms with E-state index in [-0.39, 0.29) is 12.2 Å². The number of rotatable bonds is 4. The van der Waals surface area contributed by atoms with Crippen molar-refractivity contribution in [3.8, 4) is 0 Å². The zero-order valence-electron chi connectivity index (χ0n) is 14.7. The van der Waals surface area contributed by atoms with E-state index in [4.69, 9.17) is 23.2 Å². The van der Waals surface area contributed by atoms with Crippen molar-refractivity contribution in [2.24, 2.45) is 0 Å². The predicted octanol–water partition coefficient (Wildman–Crippen LogP) is 5.32. The molecule has 0 saturated heterocycles. The van der Waals surface area contributed by atoms with Gasteiger partial charge in [0.25, 0.3) is 5.91 Å². The molecule has 0 atom stereocenters. The lowest BCUT2D eigenvalue weighted by Gasteiger charge is -2.07. The Bertz CT molecular complexity index is 1220. The fourth-order valence-corrected chi connectivity index (χ4v) is 3.40. The first-order chi connectivity index (χ1) is 13.9. The highest BCUT2D eigenvalue weighted by atomic mass is 35.5. The summed E-state index contributed by atoms with van der Waals surface area (Å²) in [6.07, 6.45) is 1.63. The molecule has 0 aliphatic heterocycles. The van der Waals surface area contributed by atoms with E-state index in [0.29, 0.717) is 20.9 Å². The lowest BCUT2D eigenvalue weighted by Crippen LogP contribution is -2.16. The first-order valence-corrected chi connectivity index (χ1v) is 9.19. The molecule has 0 fully saturated rings. The molecule has 0 saturated carbocycles. The number of benzene rings is 2. The Morgan fingerprint density at radius 2 is 1.79 bits per heavy atom. The van der Waals surface area contributed by atoms with E-state index in [0.717, 1.165) is 18.0 Å². The van der Waals surface area contributed by atoms with Gasteiger partial charge in [0.15, 0.2) is 17.3 Å². The molecule has 5 nitrogen and oxygen atoms in total. The van der Waals surface area contributed by atoms with Crippen LogP contribution in [0.25, 0.3) is 10.9 Å². The van der Waals surface area contributed by atoms with Gasteiger partial charge in [0, 0.05) is 15.4 Å². The maximum atomic E-state index is 13.8. The third-order valence-corrected chi connectivity index (χ3v) is 4.89. The number of carbonyl (C=O) groups is 1. The van der Waals surface area contributed by atoms with Crippen molar-refractivity contribution in [2.75, 3.05) is 5.32 Å². The Morgan fingerprint density at radius 1 is 1.07 bits per heavy atom. The number of para-hydroxylation sites is 1. The van der Waals surface area contributed by atoms with E-state index in [1.54, 1.807) is 47.1 Å². The van der Waals surface area contributed by atoms with Crippen molar-refractivity contribution < 1.29 is 13.6 Å². The van der Waals surface area contributed by atoms with Crippen LogP contribution in [0.2, 0.25) is 10.0 Å². The van der Waals surface area contributed by atoms with E-state index >= 15 is 0 Å². The van der Waals surface area contributed by atoms with Gasteiger partial charge < -0.3 is 5.32 Å². The minimum atomic E-state index is -0.977. The third-order valence-electron chi connectivity index (χ3n) is 4.30. The fourth-order valence-electron chi connectivity index (χ4n) is 2.93. The molecule has 0 unspecified atom stereocenters. The van der Waals surface area contributed by atoms with Crippen molar-refractivity contribution in [1.82, 2.24) is 14.8 Å². The van der Waals surface area contributed by atoms with Gasteiger partial charge in [0.2, 0.25) is 0 Å². The van der Waals surface area contributed by atoms with Crippen molar-refractivity contribution >= 4 is 45.7 Å². The lowest BCUT2D eigenvalue weighted by atomic mass is 10.2. The molecule has 0 bridgehead atoms. The molecular weight excluding hydrogens is 421 g/mol. The zero-order valence-corrected chi connectivity index (χ0v) is 16.2. The van der Waals surface area contributed by atoms with Gasteiger partial charge in [-0.05, 0) is 23.8 Å². The number of fused-ring (bicyclic) bond motifs is 1. The highest BCUT2D eigenvalue weighted by Crippen LogP contribution is 2.25. The van der Waals surface area contributed by atoms with Crippen molar-refractivity contribution in [3.05, 3.63) is 87.8 Å². The van der Waals surface area contributed by atoms with Crippen LogP contribution in [0.5, 0.6) is 0 Å². The molecule has 0 aliphatic rings. The number of aromatic nitrogens is 3. The van der Waals surface area contributed by atoms with Gasteiger partial charge in [-0.1, -0.05) is 47.5 Å². The Labute approximate surface area is 173 Å². The van der Waals surface area contributed by atoms with Gasteiger partial charge in [-0.2, -0.15) is 5.10 Å². The summed E-state index contributed by atoms with van der Waals surface area (Å²) in [5.41, 5.74) is 0.868. The Balaban J connectivity index is 1.73. The van der Waals surface area contributed by atoms with Gasteiger partial charge in [-0.25, -0.2) is 8.78 Å². The van der Waals surface area contributed by atoms with Crippen LogP contribution >= 0.6 is 23.2 Å². The highest BCUT2D eigenvalue weighted by molar-refractivity contribution is 6.35. The lowest BCUT2D eigenvalue weighted by molar-refractivity contribution is 0.102. The number of anilines is 1. The molecule has 146 valence electrons. The average Bonchev–Trinajstić information content (AvgIpc) is 3.06. The van der Waals surface area contributed by atoms with Gasteiger partial charge in [-0.15, -0.1) is 0 Å². The molecule has 4 rings (SSSR count). The van der Waals surface area contributed by atoms with Crippen LogP contribution in [0.3, 0.4) is 0 Å². The van der Waals surface area contributed by atoms with E-state index in [1.165, 1.54) is 0 Å². The molecule has 2 aromatic heterocycles. The molecule has 4 aromatic rings. The second-order valence-corrected chi connectivity index (χ2v) is 7.04. The van der Waals surface area contributed by atoms with Crippen LogP contribution in [0.15, 0.2) is 54.9 Å². The highest BCUT2D eigenvalue weighted by Gasteiger charge is 2.20. The van der Waals surface area contributed by atoms with Crippen LogP contribution in [0, 0.1) is 11.6 Å². The van der Waals surface area contributed by atoms with E-state index in [1.807, 2.05) is 0 Å². The molecule has 29 heavy (non-hydrogen) atoms. The Hall–Kier alpha value is -3.03. The number of hydrogen-bond acceptors (Lipinski definition) is 3. The summed E-state index contributed by atoms with van der Waals surface area (Å²) >= 11 is 12.2. The summed E-state index contributed by atoms with van der Waals surface area (Å²) in [5.74, 6) is -2.70. The molecule has 0 radical (unpaired) electrons. The number of nitrogens with one attached hydrogen (secondary N) is 1. The first-order valence-electron chi connectivity index (χ1n) is 8.44. The number of amides is 1. The largest absolute Gasteiger partial charge is 0.316 e. The molecule has 0 spiro atoms. The summed E-state index contributed by atoms with van der Waals surface area (Å²) in [4.78, 5) is 16.1. The number of hydrogen-bond donors (Lipinski definition) is 1. The zero-order chi connectivity index (χ0) is 20.5. The van der Waals surface area contributed by atoms with Crippen LogP contribution in [-0.2, 0) is 6.54 Å². The smallest absolute Gasteiger partial charge is 0.276 e. The summed E-state index contributed by atoms with van der Waals surface area (Å²) in [6.45, 7) is 0.280. The molecule has 1 N–H and O–H groups in total. The number of nitrogens with zero attached hydrogens (tertiary/aromatic N) is 3. The topological polar surface area (TPSA) is 59.8 Å². The van der Waals surface area contributed by atoms with E-state index < -0.39 is 23.2 Å². The average molecular weight is 433 g/mol. The number of carbonyl (C=O) groups excluding carboxylic acids is 1. The summed E-state index contributed by atoms with van der Waals surface area (Å²) in [6, 6.07) is 12.1. The molecular formula is C20H12Cl2F2N4O. The minimum absolute atomic E-state index is 0.0290.